The molecule has 1 aromatic rings. The van der Waals surface area contributed by atoms with E-state index in [1.54, 1.807) is 17.0 Å². The summed E-state index contributed by atoms with van der Waals surface area (Å²) in [6.07, 6.45) is 3.49. The monoisotopic (exact) mass is 334 g/mol. The molecule has 2 atom stereocenters. The Bertz CT molecular complexity index is 601. The van der Waals surface area contributed by atoms with Crippen molar-refractivity contribution in [3.63, 3.8) is 0 Å². The number of rotatable bonds is 5. The third-order valence-corrected chi connectivity index (χ3v) is 4.72. The number of methoxy groups -OCH3 is 1. The van der Waals surface area contributed by atoms with Crippen LogP contribution in [0.3, 0.4) is 0 Å². The molecule has 0 radical (unpaired) electrons. The highest BCUT2D eigenvalue weighted by molar-refractivity contribution is 5.82. The van der Waals surface area contributed by atoms with Crippen LogP contribution in [0.5, 0.6) is 0 Å². The Kier molecular flexibility index (Phi) is 5.14. The number of amides is 2. The van der Waals surface area contributed by atoms with Crippen LogP contribution in [0.4, 0.5) is 4.39 Å². The lowest BCUT2D eigenvalue weighted by Gasteiger charge is -2.39. The van der Waals surface area contributed by atoms with Crippen LogP contribution in [-0.2, 0) is 14.3 Å². The number of carbonyl (C=O) groups is 2. The number of piperidine rings is 1. The maximum Gasteiger partial charge on any atom is 0.249 e. The van der Waals surface area contributed by atoms with Gasteiger partial charge in [0.25, 0.3) is 0 Å². The predicted octanol–water partition coefficient (Wildman–Crippen LogP) is 2.03. The van der Waals surface area contributed by atoms with Crippen LogP contribution in [0.1, 0.15) is 37.3 Å². The highest BCUT2D eigenvalue weighted by Gasteiger charge is 2.36. The zero-order valence-electron chi connectivity index (χ0n) is 13.8. The molecule has 2 amide bonds. The molecule has 1 saturated carbocycles. The van der Waals surface area contributed by atoms with Crippen LogP contribution in [0, 0.1) is 11.7 Å². The molecular weight excluding hydrogens is 311 g/mol. The number of hydrogen-bond acceptors (Lipinski definition) is 3. The highest BCUT2D eigenvalue weighted by Crippen LogP contribution is 2.34. The van der Waals surface area contributed by atoms with Crippen molar-refractivity contribution in [1.29, 1.82) is 0 Å². The van der Waals surface area contributed by atoms with Gasteiger partial charge >= 0.3 is 0 Å². The fraction of sp³-hybridized carbons (Fsp3) is 0.556. The minimum atomic E-state index is -0.300. The van der Waals surface area contributed by atoms with Gasteiger partial charge in [-0.25, -0.2) is 4.39 Å². The van der Waals surface area contributed by atoms with E-state index in [-0.39, 0.29) is 36.2 Å². The van der Waals surface area contributed by atoms with Crippen molar-refractivity contribution in [3.05, 3.63) is 35.6 Å². The van der Waals surface area contributed by atoms with E-state index in [0.717, 1.165) is 24.8 Å². The third-order valence-electron chi connectivity index (χ3n) is 4.72. The summed E-state index contributed by atoms with van der Waals surface area (Å²) in [4.78, 5) is 26.5. The summed E-state index contributed by atoms with van der Waals surface area (Å²) in [5, 5.41) is 3.02. The Morgan fingerprint density at radius 2 is 1.92 bits per heavy atom. The lowest BCUT2D eigenvalue weighted by molar-refractivity contribution is -0.142. The van der Waals surface area contributed by atoms with Crippen LogP contribution >= 0.6 is 0 Å². The zero-order chi connectivity index (χ0) is 17.1. The van der Waals surface area contributed by atoms with E-state index < -0.39 is 0 Å². The Hall–Kier alpha value is -1.95. The highest BCUT2D eigenvalue weighted by atomic mass is 19.1. The van der Waals surface area contributed by atoms with Gasteiger partial charge in [-0.3, -0.25) is 9.59 Å². The molecule has 1 N–H and O–H groups in total. The molecule has 24 heavy (non-hydrogen) atoms. The minimum absolute atomic E-state index is 0.0192. The van der Waals surface area contributed by atoms with Crippen molar-refractivity contribution in [2.24, 2.45) is 5.92 Å². The molecule has 1 aliphatic carbocycles. The zero-order valence-corrected chi connectivity index (χ0v) is 13.8. The molecule has 0 spiro atoms. The first-order valence-electron chi connectivity index (χ1n) is 8.42. The number of nitrogens with zero attached hydrogens (tertiary/aromatic N) is 1. The normalized spacial score (nSPS) is 23.8. The van der Waals surface area contributed by atoms with Crippen LogP contribution in [-0.4, -0.2) is 43.0 Å². The molecule has 0 aromatic heterocycles. The number of carbonyl (C=O) groups excluding carboxylic acids is 2. The Balaban J connectivity index is 1.74. The molecule has 2 aliphatic rings. The SMILES string of the molecule is COCC(=O)N1CC(C(=O)NC2CC2)CCC1c1ccc(F)cc1. The smallest absolute Gasteiger partial charge is 0.249 e. The van der Waals surface area contributed by atoms with Crippen molar-refractivity contribution in [2.75, 3.05) is 20.3 Å². The second kappa shape index (κ2) is 7.30. The summed E-state index contributed by atoms with van der Waals surface area (Å²) in [5.74, 6) is -0.602. The first kappa shape index (κ1) is 16.9. The van der Waals surface area contributed by atoms with E-state index in [4.69, 9.17) is 4.74 Å². The van der Waals surface area contributed by atoms with Crippen LogP contribution in [0.15, 0.2) is 24.3 Å². The molecule has 1 aliphatic heterocycles. The van der Waals surface area contributed by atoms with Gasteiger partial charge in [0.15, 0.2) is 0 Å². The second-order valence-corrected chi connectivity index (χ2v) is 6.60. The van der Waals surface area contributed by atoms with E-state index in [1.807, 2.05) is 0 Å². The minimum Gasteiger partial charge on any atom is -0.375 e. The molecular formula is C18H23FN2O3. The quantitative estimate of drug-likeness (QED) is 0.896. The summed E-state index contributed by atoms with van der Waals surface area (Å²) in [7, 11) is 1.48. The number of hydrogen-bond donors (Lipinski definition) is 1. The standard InChI is InChI=1S/C18H23FN2O3/c1-24-11-17(22)21-10-13(18(23)20-15-7-8-15)4-9-16(21)12-2-5-14(19)6-3-12/h2-3,5-6,13,15-16H,4,7-11H2,1H3,(H,20,23). The van der Waals surface area contributed by atoms with Crippen molar-refractivity contribution in [2.45, 2.75) is 37.8 Å². The number of ether oxygens (including phenoxy) is 1. The molecule has 0 bridgehead atoms. The first-order chi connectivity index (χ1) is 11.6. The lowest BCUT2D eigenvalue weighted by Crippen LogP contribution is -2.48. The van der Waals surface area contributed by atoms with Gasteiger partial charge in [0, 0.05) is 19.7 Å². The van der Waals surface area contributed by atoms with Gasteiger partial charge in [0.2, 0.25) is 11.8 Å². The van der Waals surface area contributed by atoms with Gasteiger partial charge < -0.3 is 15.0 Å². The fourth-order valence-electron chi connectivity index (χ4n) is 3.25. The molecule has 130 valence electrons. The average Bonchev–Trinajstić information content (AvgIpc) is 3.39. The van der Waals surface area contributed by atoms with Gasteiger partial charge in [-0.1, -0.05) is 12.1 Å². The van der Waals surface area contributed by atoms with Crippen LogP contribution in [0.2, 0.25) is 0 Å². The Morgan fingerprint density at radius 3 is 2.54 bits per heavy atom. The first-order valence-corrected chi connectivity index (χ1v) is 8.42. The van der Waals surface area contributed by atoms with E-state index in [2.05, 4.69) is 5.32 Å². The topological polar surface area (TPSA) is 58.6 Å². The van der Waals surface area contributed by atoms with Gasteiger partial charge in [-0.15, -0.1) is 0 Å². The molecule has 1 saturated heterocycles. The third kappa shape index (κ3) is 3.93. The number of halogens is 1. The van der Waals surface area contributed by atoms with Crippen LogP contribution < -0.4 is 5.32 Å². The molecule has 2 fully saturated rings. The van der Waals surface area contributed by atoms with Crippen molar-refractivity contribution in [1.82, 2.24) is 10.2 Å². The summed E-state index contributed by atoms with van der Waals surface area (Å²) in [6, 6.07) is 6.39. The van der Waals surface area contributed by atoms with E-state index >= 15 is 0 Å². The maximum atomic E-state index is 13.2. The largest absolute Gasteiger partial charge is 0.375 e. The summed E-state index contributed by atoms with van der Waals surface area (Å²) in [6.45, 7) is 0.359. The lowest BCUT2D eigenvalue weighted by atomic mass is 9.88. The predicted molar refractivity (Wildman–Crippen MR) is 86.6 cm³/mol. The van der Waals surface area contributed by atoms with Crippen molar-refractivity contribution >= 4 is 11.8 Å². The molecule has 1 heterocycles. The van der Waals surface area contributed by atoms with Crippen LogP contribution in [0.25, 0.3) is 0 Å². The Morgan fingerprint density at radius 1 is 1.21 bits per heavy atom. The number of likely N-dealkylation sites (tertiary alicyclic amines) is 1. The molecule has 5 nitrogen and oxygen atoms in total. The molecule has 1 aromatic carbocycles. The van der Waals surface area contributed by atoms with Gasteiger partial charge in [0.05, 0.1) is 12.0 Å². The second-order valence-electron chi connectivity index (χ2n) is 6.60. The van der Waals surface area contributed by atoms with Crippen molar-refractivity contribution in [3.8, 4) is 0 Å². The summed E-state index contributed by atoms with van der Waals surface area (Å²) >= 11 is 0. The summed E-state index contributed by atoms with van der Waals surface area (Å²) in [5.41, 5.74) is 0.891. The van der Waals surface area contributed by atoms with E-state index in [1.165, 1.54) is 19.2 Å². The molecule has 3 rings (SSSR count). The fourth-order valence-corrected chi connectivity index (χ4v) is 3.25. The van der Waals surface area contributed by atoms with Gasteiger partial charge in [-0.05, 0) is 43.4 Å². The maximum absolute atomic E-state index is 13.2. The Labute approximate surface area is 141 Å². The van der Waals surface area contributed by atoms with E-state index in [9.17, 15) is 14.0 Å². The van der Waals surface area contributed by atoms with Crippen molar-refractivity contribution < 1.29 is 18.7 Å². The van der Waals surface area contributed by atoms with E-state index in [0.29, 0.717) is 19.0 Å². The molecule has 6 heteroatoms. The van der Waals surface area contributed by atoms with Gasteiger partial charge in [-0.2, -0.15) is 0 Å². The van der Waals surface area contributed by atoms with Gasteiger partial charge in [0.1, 0.15) is 12.4 Å². The average molecular weight is 334 g/mol. The number of benzene rings is 1. The molecule has 2 unspecified atom stereocenters. The number of nitrogens with one attached hydrogen (secondary N) is 1. The summed E-state index contributed by atoms with van der Waals surface area (Å²) < 4.78 is 18.2.